The van der Waals surface area contributed by atoms with Crippen LogP contribution in [0.4, 0.5) is 0 Å². The van der Waals surface area contributed by atoms with Crippen molar-refractivity contribution >= 4 is 22.7 Å². The van der Waals surface area contributed by atoms with Gasteiger partial charge in [0.1, 0.15) is 0 Å². The van der Waals surface area contributed by atoms with E-state index < -0.39 is 0 Å². The molecule has 5 nitrogen and oxygen atoms in total. The fraction of sp³-hybridized carbons (Fsp3) is 0.368. The molecule has 1 aromatic carbocycles. The molecular formula is C19H23N3O2. The Bertz CT molecular complexity index is 793. The van der Waals surface area contributed by atoms with E-state index in [-0.39, 0.29) is 23.8 Å². The topological polar surface area (TPSA) is 68.3 Å². The van der Waals surface area contributed by atoms with Crippen LogP contribution in [0.1, 0.15) is 30.1 Å². The van der Waals surface area contributed by atoms with Crippen molar-refractivity contribution in [1.82, 2.24) is 9.47 Å². The van der Waals surface area contributed by atoms with Crippen LogP contribution in [-0.4, -0.2) is 33.9 Å². The van der Waals surface area contributed by atoms with Crippen molar-refractivity contribution in [3.63, 3.8) is 0 Å². The number of nitrogens with zero attached hydrogens (tertiary/aromatic N) is 2. The number of carbonyl (C=O) groups is 2. The highest BCUT2D eigenvalue weighted by Gasteiger charge is 2.33. The van der Waals surface area contributed by atoms with Crippen LogP contribution in [0.2, 0.25) is 0 Å². The van der Waals surface area contributed by atoms with Crippen molar-refractivity contribution in [3.8, 4) is 0 Å². The molecule has 5 heteroatoms. The number of aromatic nitrogens is 1. The average molecular weight is 325 g/mol. The van der Waals surface area contributed by atoms with E-state index in [1.807, 2.05) is 48.0 Å². The average Bonchev–Trinajstić information content (AvgIpc) is 2.94. The van der Waals surface area contributed by atoms with Crippen LogP contribution < -0.4 is 5.73 Å². The second-order valence-electron chi connectivity index (χ2n) is 6.48. The third-order valence-electron chi connectivity index (χ3n) is 4.89. The third kappa shape index (κ3) is 2.82. The highest BCUT2D eigenvalue weighted by molar-refractivity contribution is 6.07. The van der Waals surface area contributed by atoms with Crippen LogP contribution in [0, 0.1) is 5.92 Å². The minimum Gasteiger partial charge on any atom is -0.369 e. The first-order valence-electron chi connectivity index (χ1n) is 8.32. The lowest BCUT2D eigenvalue weighted by Crippen LogP contribution is -2.48. The highest BCUT2D eigenvalue weighted by Crippen LogP contribution is 2.27. The van der Waals surface area contributed by atoms with Gasteiger partial charge in [-0.15, -0.1) is 6.58 Å². The molecule has 1 fully saturated rings. The number of piperidine rings is 1. The molecule has 1 saturated heterocycles. The zero-order valence-electron chi connectivity index (χ0n) is 13.9. The Morgan fingerprint density at radius 2 is 2.08 bits per heavy atom. The Kier molecular flexibility index (Phi) is 4.42. The third-order valence-corrected chi connectivity index (χ3v) is 4.89. The standard InChI is InChI=1S/C19H23N3O2/c1-3-10-21-12-16(15-6-4-5-7-17(15)21)19(24)22-11-14(18(20)23)9-8-13(22)2/h3-7,12-14H,1,8-11H2,2H3,(H2,20,23)/t13-,14+/m1/s1. The molecule has 0 aliphatic carbocycles. The lowest BCUT2D eigenvalue weighted by atomic mass is 9.92. The molecular weight excluding hydrogens is 302 g/mol. The summed E-state index contributed by atoms with van der Waals surface area (Å²) in [7, 11) is 0. The Labute approximate surface area is 141 Å². The van der Waals surface area contributed by atoms with Crippen LogP contribution in [0.25, 0.3) is 10.9 Å². The van der Waals surface area contributed by atoms with Crippen LogP contribution in [0.15, 0.2) is 43.1 Å². The van der Waals surface area contributed by atoms with Gasteiger partial charge in [0.25, 0.3) is 5.91 Å². The van der Waals surface area contributed by atoms with Crippen molar-refractivity contribution in [3.05, 3.63) is 48.7 Å². The zero-order chi connectivity index (χ0) is 17.3. The summed E-state index contributed by atoms with van der Waals surface area (Å²) in [5.74, 6) is -0.618. The van der Waals surface area contributed by atoms with E-state index in [4.69, 9.17) is 5.73 Å². The van der Waals surface area contributed by atoms with E-state index in [0.29, 0.717) is 18.7 Å². The quantitative estimate of drug-likeness (QED) is 0.878. The summed E-state index contributed by atoms with van der Waals surface area (Å²) in [5, 5.41) is 0.928. The van der Waals surface area contributed by atoms with Gasteiger partial charge in [-0.05, 0) is 25.8 Å². The number of primary amides is 1. The lowest BCUT2D eigenvalue weighted by molar-refractivity contribution is -0.123. The largest absolute Gasteiger partial charge is 0.369 e. The van der Waals surface area contributed by atoms with Crippen molar-refractivity contribution in [1.29, 1.82) is 0 Å². The molecule has 0 unspecified atom stereocenters. The SMILES string of the molecule is C=CCn1cc(C(=O)N2C[C@@H](C(N)=O)CC[C@H]2C)c2ccccc21. The first-order chi connectivity index (χ1) is 11.5. The van der Waals surface area contributed by atoms with Crippen molar-refractivity contribution < 1.29 is 9.59 Å². The zero-order valence-corrected chi connectivity index (χ0v) is 13.9. The van der Waals surface area contributed by atoms with Gasteiger partial charge in [0, 0.05) is 36.2 Å². The van der Waals surface area contributed by atoms with Gasteiger partial charge in [-0.25, -0.2) is 0 Å². The van der Waals surface area contributed by atoms with E-state index in [9.17, 15) is 9.59 Å². The molecule has 2 aromatic rings. The van der Waals surface area contributed by atoms with Gasteiger partial charge >= 0.3 is 0 Å². The Morgan fingerprint density at radius 1 is 1.33 bits per heavy atom. The molecule has 0 radical (unpaired) electrons. The first kappa shape index (κ1) is 16.3. The number of hydrogen-bond acceptors (Lipinski definition) is 2. The fourth-order valence-corrected chi connectivity index (χ4v) is 3.48. The number of hydrogen-bond donors (Lipinski definition) is 1. The van der Waals surface area contributed by atoms with E-state index in [1.54, 1.807) is 4.90 Å². The van der Waals surface area contributed by atoms with Gasteiger partial charge in [0.05, 0.1) is 11.5 Å². The Morgan fingerprint density at radius 3 is 2.79 bits per heavy atom. The summed E-state index contributed by atoms with van der Waals surface area (Å²) in [6.07, 6.45) is 5.24. The summed E-state index contributed by atoms with van der Waals surface area (Å²) in [6.45, 7) is 6.85. The van der Waals surface area contributed by atoms with E-state index in [0.717, 1.165) is 23.7 Å². The lowest BCUT2D eigenvalue weighted by Gasteiger charge is -2.36. The van der Waals surface area contributed by atoms with Gasteiger partial charge < -0.3 is 15.2 Å². The molecule has 1 aromatic heterocycles. The van der Waals surface area contributed by atoms with Gasteiger partial charge in [0.2, 0.25) is 5.91 Å². The monoisotopic (exact) mass is 325 g/mol. The maximum atomic E-state index is 13.1. The van der Waals surface area contributed by atoms with Crippen LogP contribution in [-0.2, 0) is 11.3 Å². The number of para-hydroxylation sites is 1. The Balaban J connectivity index is 1.98. The number of fused-ring (bicyclic) bond motifs is 1. The predicted molar refractivity (Wildman–Crippen MR) is 94.6 cm³/mol. The molecule has 1 aliphatic heterocycles. The summed E-state index contributed by atoms with van der Waals surface area (Å²) < 4.78 is 2.02. The van der Waals surface area contributed by atoms with E-state index in [2.05, 4.69) is 6.58 Å². The van der Waals surface area contributed by atoms with Gasteiger partial charge in [0.15, 0.2) is 0 Å². The summed E-state index contributed by atoms with van der Waals surface area (Å²) in [5.41, 5.74) is 7.14. The second kappa shape index (κ2) is 6.51. The van der Waals surface area contributed by atoms with E-state index >= 15 is 0 Å². The number of carbonyl (C=O) groups excluding carboxylic acids is 2. The van der Waals surface area contributed by atoms with Crippen LogP contribution in [0.3, 0.4) is 0 Å². The van der Waals surface area contributed by atoms with Crippen LogP contribution in [0.5, 0.6) is 0 Å². The molecule has 2 atom stereocenters. The number of nitrogens with two attached hydrogens (primary N) is 1. The first-order valence-corrected chi connectivity index (χ1v) is 8.32. The molecule has 24 heavy (non-hydrogen) atoms. The maximum Gasteiger partial charge on any atom is 0.256 e. The number of likely N-dealkylation sites (tertiary alicyclic amines) is 1. The van der Waals surface area contributed by atoms with Crippen molar-refractivity contribution in [2.24, 2.45) is 11.7 Å². The molecule has 2 N–H and O–H groups in total. The molecule has 126 valence electrons. The van der Waals surface area contributed by atoms with Crippen LogP contribution >= 0.6 is 0 Å². The molecule has 2 amide bonds. The van der Waals surface area contributed by atoms with Gasteiger partial charge in [-0.2, -0.15) is 0 Å². The molecule has 0 saturated carbocycles. The minimum atomic E-state index is -0.325. The highest BCUT2D eigenvalue weighted by atomic mass is 16.2. The van der Waals surface area contributed by atoms with Crippen molar-refractivity contribution in [2.45, 2.75) is 32.4 Å². The fourth-order valence-electron chi connectivity index (χ4n) is 3.48. The minimum absolute atomic E-state index is 0.0348. The van der Waals surface area contributed by atoms with Gasteiger partial charge in [-0.3, -0.25) is 9.59 Å². The molecule has 0 spiro atoms. The number of benzene rings is 1. The predicted octanol–water partition coefficient (Wildman–Crippen LogP) is 2.55. The summed E-state index contributed by atoms with van der Waals surface area (Å²) >= 11 is 0. The summed E-state index contributed by atoms with van der Waals surface area (Å²) in [4.78, 5) is 26.5. The Hall–Kier alpha value is -2.56. The van der Waals surface area contributed by atoms with E-state index in [1.165, 1.54) is 0 Å². The number of amides is 2. The maximum absolute atomic E-state index is 13.1. The summed E-state index contributed by atoms with van der Waals surface area (Å²) in [6, 6.07) is 7.96. The molecule has 3 rings (SSSR count). The number of rotatable bonds is 4. The molecule has 1 aliphatic rings. The molecule has 0 bridgehead atoms. The normalized spacial score (nSPS) is 21.0. The van der Waals surface area contributed by atoms with Crippen molar-refractivity contribution in [2.75, 3.05) is 6.54 Å². The molecule has 2 heterocycles. The smallest absolute Gasteiger partial charge is 0.256 e. The second-order valence-corrected chi connectivity index (χ2v) is 6.48. The van der Waals surface area contributed by atoms with Gasteiger partial charge in [-0.1, -0.05) is 24.3 Å². The number of allylic oxidation sites excluding steroid dienone is 1.